The molecule has 1 nitrogen and oxygen atoms in total. The van der Waals surface area contributed by atoms with Crippen LogP contribution in [0.1, 0.15) is 95.4 Å². The van der Waals surface area contributed by atoms with Gasteiger partial charge in [0.15, 0.2) is 0 Å². The van der Waals surface area contributed by atoms with Gasteiger partial charge in [-0.15, -0.1) is 0 Å². The van der Waals surface area contributed by atoms with E-state index in [4.69, 9.17) is 0 Å². The second kappa shape index (κ2) is 145. The fourth-order valence-corrected chi connectivity index (χ4v) is 0.250. The van der Waals surface area contributed by atoms with Crippen LogP contribution in [0.5, 0.6) is 0 Å². The van der Waals surface area contributed by atoms with Crippen LogP contribution < -0.4 is 5.32 Å². The van der Waals surface area contributed by atoms with Crippen LogP contribution in [-0.4, -0.2) is 13.6 Å². The molecule has 0 saturated carbocycles. The van der Waals surface area contributed by atoms with Gasteiger partial charge in [0.25, 0.3) is 0 Å². The average molecular weight is 252 g/mol. The van der Waals surface area contributed by atoms with E-state index < -0.39 is 0 Å². The molecule has 17 heavy (non-hydrogen) atoms. The lowest BCUT2D eigenvalue weighted by Crippen LogP contribution is -2.04. The van der Waals surface area contributed by atoms with Gasteiger partial charge in [-0.1, -0.05) is 89.0 Å². The highest BCUT2D eigenvalue weighted by atomic mass is 14.8. The summed E-state index contributed by atoms with van der Waals surface area (Å²) in [6, 6.07) is 0. The Morgan fingerprint density at radius 3 is 0.765 bits per heavy atom. The van der Waals surface area contributed by atoms with Crippen molar-refractivity contribution >= 4 is 0 Å². The van der Waals surface area contributed by atoms with Crippen LogP contribution >= 0.6 is 0 Å². The maximum Gasteiger partial charge on any atom is -0.00546 e. The van der Waals surface area contributed by atoms with E-state index in [0.29, 0.717) is 0 Å². The minimum atomic E-state index is 1.14. The Bertz CT molecular complexity index is 24.7. The molecule has 0 aliphatic rings. The first-order valence-electron chi connectivity index (χ1n) is 7.97. The molecule has 0 aliphatic carbocycles. The zero-order valence-electron chi connectivity index (χ0n) is 15.3. The van der Waals surface area contributed by atoms with Crippen LogP contribution in [0.2, 0.25) is 0 Å². The number of rotatable bonds is 3. The number of hydrogen-bond acceptors (Lipinski definition) is 1. The largest absolute Gasteiger partial charge is 0.320 e. The topological polar surface area (TPSA) is 12.0 Å². The zero-order chi connectivity index (χ0) is 15.5. The Morgan fingerprint density at radius 2 is 0.765 bits per heavy atom. The Kier molecular flexibility index (Phi) is 307. The van der Waals surface area contributed by atoms with Crippen LogP contribution in [0.3, 0.4) is 0 Å². The van der Waals surface area contributed by atoms with Gasteiger partial charge in [-0.25, -0.2) is 0 Å². The van der Waals surface area contributed by atoms with Gasteiger partial charge < -0.3 is 5.32 Å². The molecule has 0 radical (unpaired) electrons. The van der Waals surface area contributed by atoms with Gasteiger partial charge in [0, 0.05) is 0 Å². The molecule has 0 spiro atoms. The lowest BCUT2D eigenvalue weighted by Gasteiger charge is -1.84. The van der Waals surface area contributed by atoms with Crippen LogP contribution in [0, 0.1) is 0 Å². The summed E-state index contributed by atoms with van der Waals surface area (Å²) in [7, 11) is 1.96. The molecule has 0 rings (SSSR count). The second-order valence-corrected chi connectivity index (χ2v) is 2.10. The Hall–Kier alpha value is -0.0400. The van der Waals surface area contributed by atoms with E-state index in [-0.39, 0.29) is 0 Å². The predicted molar refractivity (Wildman–Crippen MR) is 90.2 cm³/mol. The van der Waals surface area contributed by atoms with E-state index in [1.54, 1.807) is 0 Å². The summed E-state index contributed by atoms with van der Waals surface area (Å²) in [5.41, 5.74) is 0. The van der Waals surface area contributed by atoms with Crippen molar-refractivity contribution in [3.63, 3.8) is 0 Å². The Balaban J connectivity index is -0.0000000228. The monoisotopic (exact) mass is 251 g/mol. The van der Waals surface area contributed by atoms with Gasteiger partial charge >= 0.3 is 0 Å². The van der Waals surface area contributed by atoms with Gasteiger partial charge in [-0.3, -0.25) is 0 Å². The first kappa shape index (κ1) is 36.0. The van der Waals surface area contributed by atoms with E-state index in [2.05, 4.69) is 26.1 Å². The van der Waals surface area contributed by atoms with Crippen molar-refractivity contribution < 1.29 is 0 Å². The lowest BCUT2D eigenvalue weighted by molar-refractivity contribution is 0.772. The van der Waals surface area contributed by atoms with Crippen molar-refractivity contribution in [2.24, 2.45) is 0 Å². The molecule has 0 aromatic heterocycles. The standard InChI is InChI=1S/C4H11N.C4H10.4C2H6/c1-3-4-5-2;1-3-4-2;4*1-2/h5H,3-4H2,1-2H3;3-4H2,1-2H3;4*1-2H3. The summed E-state index contributed by atoms with van der Waals surface area (Å²) in [4.78, 5) is 0. The maximum absolute atomic E-state index is 3.02. The van der Waals surface area contributed by atoms with Crippen LogP contribution in [0.25, 0.3) is 0 Å². The third-order valence-corrected chi connectivity index (χ3v) is 1.000. The molecule has 114 valence electrons. The minimum absolute atomic E-state index is 1.14. The normalized spacial score (nSPS) is 5.65. The molecule has 0 amide bonds. The van der Waals surface area contributed by atoms with Crippen molar-refractivity contribution in [1.29, 1.82) is 0 Å². The summed E-state index contributed by atoms with van der Waals surface area (Å²) in [6.07, 6.45) is 3.87. The van der Waals surface area contributed by atoms with Crippen LogP contribution in [0.4, 0.5) is 0 Å². The van der Waals surface area contributed by atoms with Gasteiger partial charge in [-0.05, 0) is 20.0 Å². The number of hydrogen-bond donors (Lipinski definition) is 1. The van der Waals surface area contributed by atoms with Gasteiger partial charge in [0.2, 0.25) is 0 Å². The van der Waals surface area contributed by atoms with Gasteiger partial charge in [0.05, 0.1) is 0 Å². The third kappa shape index (κ3) is 355. The summed E-state index contributed by atoms with van der Waals surface area (Å²) < 4.78 is 0. The third-order valence-electron chi connectivity index (χ3n) is 1.000. The SMILES string of the molecule is CC.CC.CC.CC.CCCC.CCCNC. The van der Waals surface area contributed by atoms with Crippen molar-refractivity contribution in [2.45, 2.75) is 95.4 Å². The lowest BCUT2D eigenvalue weighted by atomic mass is 10.4. The summed E-state index contributed by atoms with van der Waals surface area (Å²) in [5, 5.41) is 3.02. The van der Waals surface area contributed by atoms with Crippen molar-refractivity contribution in [3.05, 3.63) is 0 Å². The van der Waals surface area contributed by atoms with Crippen molar-refractivity contribution in [1.82, 2.24) is 5.32 Å². The molecule has 0 bridgehead atoms. The predicted octanol–water partition coefficient (Wildman–Crippen LogP) is 6.53. The molecule has 0 atom stereocenters. The highest BCUT2D eigenvalue weighted by Crippen LogP contribution is 1.76. The molecule has 0 aromatic rings. The number of unbranched alkanes of at least 4 members (excludes halogenated alkanes) is 1. The van der Waals surface area contributed by atoms with Gasteiger partial charge in [-0.2, -0.15) is 0 Å². The molecule has 0 heterocycles. The van der Waals surface area contributed by atoms with E-state index in [1.165, 1.54) is 19.3 Å². The smallest absolute Gasteiger partial charge is 0.00546 e. The fraction of sp³-hybridized carbons (Fsp3) is 1.00. The number of nitrogens with one attached hydrogen (secondary N) is 1. The summed E-state index contributed by atoms with van der Waals surface area (Å²) in [5.74, 6) is 0. The Morgan fingerprint density at radius 1 is 0.529 bits per heavy atom. The first-order chi connectivity index (χ1) is 8.33. The molecule has 0 aromatic carbocycles. The highest BCUT2D eigenvalue weighted by Gasteiger charge is 1.64. The second-order valence-electron chi connectivity index (χ2n) is 2.10. The first-order valence-corrected chi connectivity index (χ1v) is 7.97. The highest BCUT2D eigenvalue weighted by molar-refractivity contribution is 4.28. The molecule has 1 N–H and O–H groups in total. The zero-order valence-corrected chi connectivity index (χ0v) is 15.3. The Labute approximate surface area is 115 Å². The summed E-state index contributed by atoms with van der Waals surface area (Å²) >= 11 is 0. The van der Waals surface area contributed by atoms with E-state index in [1.807, 2.05) is 62.4 Å². The quantitative estimate of drug-likeness (QED) is 0.601. The van der Waals surface area contributed by atoms with E-state index in [0.717, 1.165) is 6.54 Å². The van der Waals surface area contributed by atoms with E-state index >= 15 is 0 Å². The molecule has 0 aliphatic heterocycles. The van der Waals surface area contributed by atoms with Crippen LogP contribution in [0.15, 0.2) is 0 Å². The van der Waals surface area contributed by atoms with Gasteiger partial charge in [0.1, 0.15) is 0 Å². The molecule has 0 unspecified atom stereocenters. The van der Waals surface area contributed by atoms with Crippen molar-refractivity contribution in [3.8, 4) is 0 Å². The molecule has 0 fully saturated rings. The average Bonchev–Trinajstić information content (AvgIpc) is 2.48. The maximum atomic E-state index is 3.02. The summed E-state index contributed by atoms with van der Waals surface area (Å²) in [6.45, 7) is 23.6. The van der Waals surface area contributed by atoms with Crippen LogP contribution in [-0.2, 0) is 0 Å². The molecular weight excluding hydrogens is 206 g/mol. The van der Waals surface area contributed by atoms with E-state index in [9.17, 15) is 0 Å². The fourth-order valence-electron chi connectivity index (χ4n) is 0.250. The molecule has 0 saturated heterocycles. The minimum Gasteiger partial charge on any atom is -0.320 e. The molecular formula is C16H45N. The molecule has 1 heteroatoms. The van der Waals surface area contributed by atoms with Crippen molar-refractivity contribution in [2.75, 3.05) is 13.6 Å².